The minimum Gasteiger partial charge on any atom is -0.459 e. The van der Waals surface area contributed by atoms with E-state index in [1.165, 1.54) is 30.5 Å². The Morgan fingerprint density at radius 3 is 2.47 bits per heavy atom. The first kappa shape index (κ1) is 23.0. The average molecular weight is 439 g/mol. The Morgan fingerprint density at radius 2 is 1.84 bits per heavy atom. The predicted molar refractivity (Wildman–Crippen MR) is 120 cm³/mol. The molecule has 3 aromatic rings. The SMILES string of the molecule is COCCN(Cc1cc(NC(=O)c2ccco2)ccc1N(C)C)C(=O)c1ccc(F)cc1. The van der Waals surface area contributed by atoms with E-state index >= 15 is 0 Å². The van der Waals surface area contributed by atoms with Gasteiger partial charge < -0.3 is 24.3 Å². The lowest BCUT2D eigenvalue weighted by molar-refractivity contribution is 0.0680. The highest BCUT2D eigenvalue weighted by Crippen LogP contribution is 2.25. The van der Waals surface area contributed by atoms with Gasteiger partial charge in [-0.1, -0.05) is 0 Å². The lowest BCUT2D eigenvalue weighted by Crippen LogP contribution is -2.34. The molecule has 168 valence electrons. The number of carbonyl (C=O) groups is 2. The van der Waals surface area contributed by atoms with Crippen molar-refractivity contribution >= 4 is 23.2 Å². The summed E-state index contributed by atoms with van der Waals surface area (Å²) in [6, 6.07) is 14.2. The number of hydrogen-bond acceptors (Lipinski definition) is 5. The van der Waals surface area contributed by atoms with Gasteiger partial charge >= 0.3 is 0 Å². The molecule has 1 aromatic heterocycles. The Balaban J connectivity index is 1.88. The minimum atomic E-state index is -0.403. The van der Waals surface area contributed by atoms with Crippen molar-refractivity contribution in [2.45, 2.75) is 6.54 Å². The number of amides is 2. The van der Waals surface area contributed by atoms with Crippen LogP contribution in [0, 0.1) is 5.82 Å². The molecule has 3 rings (SSSR count). The Morgan fingerprint density at radius 1 is 1.09 bits per heavy atom. The predicted octanol–water partition coefficient (Wildman–Crippen LogP) is 4.03. The van der Waals surface area contributed by atoms with E-state index in [4.69, 9.17) is 9.15 Å². The van der Waals surface area contributed by atoms with Crippen molar-refractivity contribution in [3.05, 3.63) is 83.6 Å². The Kier molecular flexibility index (Phi) is 7.62. The molecule has 1 heterocycles. The molecule has 7 nitrogen and oxygen atoms in total. The van der Waals surface area contributed by atoms with Crippen LogP contribution in [-0.2, 0) is 11.3 Å². The highest BCUT2D eigenvalue weighted by atomic mass is 19.1. The zero-order valence-corrected chi connectivity index (χ0v) is 18.3. The van der Waals surface area contributed by atoms with Crippen LogP contribution in [0.4, 0.5) is 15.8 Å². The van der Waals surface area contributed by atoms with Gasteiger partial charge in [0.15, 0.2) is 5.76 Å². The zero-order valence-electron chi connectivity index (χ0n) is 18.3. The zero-order chi connectivity index (χ0) is 23.1. The van der Waals surface area contributed by atoms with Gasteiger partial charge in [-0.05, 0) is 60.2 Å². The van der Waals surface area contributed by atoms with Gasteiger partial charge in [0, 0.05) is 51.2 Å². The van der Waals surface area contributed by atoms with Crippen molar-refractivity contribution < 1.29 is 23.1 Å². The minimum absolute atomic E-state index is 0.205. The quantitative estimate of drug-likeness (QED) is 0.545. The standard InChI is InChI=1S/C24H26FN3O4/c1-27(2)21-11-10-20(26-23(29)22-5-4-13-32-22)15-18(21)16-28(12-14-31-3)24(30)17-6-8-19(25)9-7-17/h4-11,13,15H,12,14,16H2,1-3H3,(H,26,29). The summed E-state index contributed by atoms with van der Waals surface area (Å²) in [5.74, 6) is -0.801. The molecule has 0 spiro atoms. The van der Waals surface area contributed by atoms with Gasteiger partial charge in [-0.3, -0.25) is 9.59 Å². The van der Waals surface area contributed by atoms with E-state index in [0.717, 1.165) is 11.3 Å². The van der Waals surface area contributed by atoms with E-state index in [1.807, 2.05) is 31.1 Å². The van der Waals surface area contributed by atoms with Crippen LogP contribution in [0.3, 0.4) is 0 Å². The highest BCUT2D eigenvalue weighted by Gasteiger charge is 2.19. The number of hydrogen-bond donors (Lipinski definition) is 1. The van der Waals surface area contributed by atoms with Gasteiger partial charge in [-0.2, -0.15) is 0 Å². The molecule has 0 fully saturated rings. The first-order valence-electron chi connectivity index (χ1n) is 10.1. The van der Waals surface area contributed by atoms with Gasteiger partial charge in [0.2, 0.25) is 0 Å². The molecule has 1 N–H and O–H groups in total. The largest absolute Gasteiger partial charge is 0.459 e. The summed E-state index contributed by atoms with van der Waals surface area (Å²) < 4.78 is 23.6. The van der Waals surface area contributed by atoms with Gasteiger partial charge in [-0.25, -0.2) is 4.39 Å². The van der Waals surface area contributed by atoms with Crippen molar-refractivity contribution in [1.29, 1.82) is 0 Å². The lowest BCUT2D eigenvalue weighted by atomic mass is 10.1. The number of rotatable bonds is 9. The van der Waals surface area contributed by atoms with E-state index in [0.29, 0.717) is 24.4 Å². The fourth-order valence-electron chi connectivity index (χ4n) is 3.26. The first-order chi connectivity index (χ1) is 15.4. The van der Waals surface area contributed by atoms with Crippen LogP contribution in [0.5, 0.6) is 0 Å². The van der Waals surface area contributed by atoms with Crippen molar-refractivity contribution in [2.24, 2.45) is 0 Å². The molecule has 0 bridgehead atoms. The smallest absolute Gasteiger partial charge is 0.291 e. The summed E-state index contributed by atoms with van der Waals surface area (Å²) in [5.41, 5.74) is 2.69. The van der Waals surface area contributed by atoms with Gasteiger partial charge in [0.25, 0.3) is 11.8 Å². The normalized spacial score (nSPS) is 10.6. The number of furan rings is 1. The van der Waals surface area contributed by atoms with Crippen LogP contribution in [0.25, 0.3) is 0 Å². The van der Waals surface area contributed by atoms with E-state index < -0.39 is 5.82 Å². The molecule has 32 heavy (non-hydrogen) atoms. The summed E-state index contributed by atoms with van der Waals surface area (Å²) in [4.78, 5) is 29.1. The second kappa shape index (κ2) is 10.6. The van der Waals surface area contributed by atoms with Crippen LogP contribution in [0.1, 0.15) is 26.5 Å². The maximum absolute atomic E-state index is 13.3. The summed E-state index contributed by atoms with van der Waals surface area (Å²) in [7, 11) is 5.37. The van der Waals surface area contributed by atoms with Crippen molar-refractivity contribution in [3.63, 3.8) is 0 Å². The maximum Gasteiger partial charge on any atom is 0.291 e. The summed E-state index contributed by atoms with van der Waals surface area (Å²) in [6.45, 7) is 0.971. The number of anilines is 2. The second-order valence-electron chi connectivity index (χ2n) is 7.40. The Labute approximate surface area is 186 Å². The van der Waals surface area contributed by atoms with E-state index in [1.54, 1.807) is 30.2 Å². The third kappa shape index (κ3) is 5.73. The topological polar surface area (TPSA) is 75.0 Å². The molecule has 0 unspecified atom stereocenters. The van der Waals surface area contributed by atoms with Crippen LogP contribution < -0.4 is 10.2 Å². The number of halogens is 1. The molecule has 0 radical (unpaired) electrons. The van der Waals surface area contributed by atoms with Gasteiger partial charge in [0.1, 0.15) is 5.82 Å². The number of nitrogens with one attached hydrogen (secondary N) is 1. The molecule has 0 aliphatic carbocycles. The van der Waals surface area contributed by atoms with E-state index in [9.17, 15) is 14.0 Å². The van der Waals surface area contributed by atoms with Gasteiger partial charge in [-0.15, -0.1) is 0 Å². The molecule has 0 aliphatic heterocycles. The molecule has 8 heteroatoms. The molecular formula is C24H26FN3O4. The second-order valence-corrected chi connectivity index (χ2v) is 7.40. The van der Waals surface area contributed by atoms with Crippen LogP contribution in [-0.4, -0.2) is 51.1 Å². The van der Waals surface area contributed by atoms with E-state index in [2.05, 4.69) is 5.32 Å². The molecule has 0 aliphatic rings. The fourth-order valence-corrected chi connectivity index (χ4v) is 3.26. The number of methoxy groups -OCH3 is 1. The third-order valence-electron chi connectivity index (χ3n) is 4.87. The molecule has 2 amide bonds. The first-order valence-corrected chi connectivity index (χ1v) is 10.1. The third-order valence-corrected chi connectivity index (χ3v) is 4.87. The van der Waals surface area contributed by atoms with Crippen LogP contribution in [0.15, 0.2) is 65.3 Å². The number of ether oxygens (including phenoxy) is 1. The number of nitrogens with zero attached hydrogens (tertiary/aromatic N) is 2. The summed E-state index contributed by atoms with van der Waals surface area (Å²) >= 11 is 0. The number of benzene rings is 2. The van der Waals surface area contributed by atoms with Gasteiger partial charge in [0.05, 0.1) is 12.9 Å². The Hall–Kier alpha value is -3.65. The molecule has 0 atom stereocenters. The maximum atomic E-state index is 13.3. The summed E-state index contributed by atoms with van der Waals surface area (Å²) in [5, 5.41) is 2.81. The number of carbonyl (C=O) groups excluding carboxylic acids is 2. The van der Waals surface area contributed by atoms with Crippen molar-refractivity contribution in [1.82, 2.24) is 4.90 Å². The molecule has 2 aromatic carbocycles. The lowest BCUT2D eigenvalue weighted by Gasteiger charge is -2.26. The fraction of sp³-hybridized carbons (Fsp3) is 0.250. The molecular weight excluding hydrogens is 413 g/mol. The van der Waals surface area contributed by atoms with E-state index in [-0.39, 0.29) is 24.1 Å². The molecule has 0 saturated carbocycles. The van der Waals surface area contributed by atoms with Crippen LogP contribution >= 0.6 is 0 Å². The molecule has 0 saturated heterocycles. The average Bonchev–Trinajstić information content (AvgIpc) is 3.32. The Bertz CT molecular complexity index is 1050. The monoisotopic (exact) mass is 439 g/mol. The van der Waals surface area contributed by atoms with Crippen LogP contribution in [0.2, 0.25) is 0 Å². The summed E-state index contributed by atoms with van der Waals surface area (Å²) in [6.07, 6.45) is 1.43. The highest BCUT2D eigenvalue weighted by molar-refractivity contribution is 6.02. The van der Waals surface area contributed by atoms with Crippen molar-refractivity contribution in [2.75, 3.05) is 44.6 Å². The van der Waals surface area contributed by atoms with Crippen molar-refractivity contribution in [3.8, 4) is 0 Å².